The standard InChI is InChI=1S/C17H30N2O4/c1-3-4-10-14(17(22)23)19-16(21)12(2)18-15(20)11-13-8-6-5-7-9-13/h12-14H,3-11H2,1-2H3,(H,18,20)(H,19,21)(H,22,23). The molecule has 3 N–H and O–H groups in total. The molecule has 1 rings (SSSR count). The van der Waals surface area contributed by atoms with Crippen LogP contribution in [0.1, 0.15) is 71.6 Å². The molecule has 0 spiro atoms. The largest absolute Gasteiger partial charge is 0.480 e. The molecule has 0 aromatic heterocycles. The zero-order valence-corrected chi connectivity index (χ0v) is 14.3. The van der Waals surface area contributed by atoms with Gasteiger partial charge in [0.05, 0.1) is 0 Å². The predicted octanol–water partition coefficient (Wildman–Crippen LogP) is 2.22. The van der Waals surface area contributed by atoms with Crippen molar-refractivity contribution in [3.05, 3.63) is 0 Å². The molecule has 0 aromatic carbocycles. The number of carboxylic acid groups (broad SMARTS) is 1. The van der Waals surface area contributed by atoms with Crippen molar-refractivity contribution in [1.29, 1.82) is 0 Å². The van der Waals surface area contributed by atoms with E-state index in [1.807, 2.05) is 6.92 Å². The number of aliphatic carboxylic acids is 1. The summed E-state index contributed by atoms with van der Waals surface area (Å²) in [6.45, 7) is 3.56. The van der Waals surface area contributed by atoms with Crippen LogP contribution in [0.2, 0.25) is 0 Å². The van der Waals surface area contributed by atoms with Crippen LogP contribution in [0.5, 0.6) is 0 Å². The van der Waals surface area contributed by atoms with Crippen molar-refractivity contribution >= 4 is 17.8 Å². The highest BCUT2D eigenvalue weighted by atomic mass is 16.4. The van der Waals surface area contributed by atoms with Crippen LogP contribution in [0.3, 0.4) is 0 Å². The Balaban J connectivity index is 2.38. The van der Waals surface area contributed by atoms with Crippen LogP contribution in [-0.2, 0) is 14.4 Å². The molecule has 132 valence electrons. The average Bonchev–Trinajstić information content (AvgIpc) is 2.51. The van der Waals surface area contributed by atoms with Gasteiger partial charge < -0.3 is 15.7 Å². The number of nitrogens with one attached hydrogen (secondary N) is 2. The lowest BCUT2D eigenvalue weighted by molar-refractivity contribution is -0.142. The Bertz CT molecular complexity index is 405. The number of hydrogen-bond donors (Lipinski definition) is 3. The predicted molar refractivity (Wildman–Crippen MR) is 87.9 cm³/mol. The van der Waals surface area contributed by atoms with Gasteiger partial charge in [0.2, 0.25) is 11.8 Å². The van der Waals surface area contributed by atoms with E-state index in [0.29, 0.717) is 18.8 Å². The third kappa shape index (κ3) is 7.48. The van der Waals surface area contributed by atoms with Gasteiger partial charge in [0.25, 0.3) is 0 Å². The molecule has 0 radical (unpaired) electrons. The van der Waals surface area contributed by atoms with Crippen LogP contribution in [0.15, 0.2) is 0 Å². The monoisotopic (exact) mass is 326 g/mol. The summed E-state index contributed by atoms with van der Waals surface area (Å²) in [5.41, 5.74) is 0. The van der Waals surface area contributed by atoms with Crippen LogP contribution in [-0.4, -0.2) is 35.0 Å². The summed E-state index contributed by atoms with van der Waals surface area (Å²) >= 11 is 0. The first-order valence-corrected chi connectivity index (χ1v) is 8.76. The van der Waals surface area contributed by atoms with E-state index in [1.54, 1.807) is 6.92 Å². The number of amides is 2. The van der Waals surface area contributed by atoms with Crippen molar-refractivity contribution in [1.82, 2.24) is 10.6 Å². The van der Waals surface area contributed by atoms with Crippen LogP contribution in [0.25, 0.3) is 0 Å². The van der Waals surface area contributed by atoms with E-state index >= 15 is 0 Å². The third-order valence-electron chi connectivity index (χ3n) is 4.43. The number of unbranched alkanes of at least 4 members (excludes halogenated alkanes) is 1. The Morgan fingerprint density at radius 2 is 1.78 bits per heavy atom. The highest BCUT2D eigenvalue weighted by Gasteiger charge is 2.24. The first-order chi connectivity index (χ1) is 10.9. The van der Waals surface area contributed by atoms with Gasteiger partial charge in [-0.15, -0.1) is 0 Å². The molecule has 1 fully saturated rings. The average molecular weight is 326 g/mol. The first-order valence-electron chi connectivity index (χ1n) is 8.76. The van der Waals surface area contributed by atoms with Gasteiger partial charge >= 0.3 is 5.97 Å². The van der Waals surface area contributed by atoms with E-state index in [4.69, 9.17) is 5.11 Å². The summed E-state index contributed by atoms with van der Waals surface area (Å²) in [6, 6.07) is -1.60. The van der Waals surface area contributed by atoms with Gasteiger partial charge in [-0.25, -0.2) is 4.79 Å². The summed E-state index contributed by atoms with van der Waals surface area (Å²) < 4.78 is 0. The van der Waals surface area contributed by atoms with Crippen LogP contribution < -0.4 is 10.6 Å². The zero-order valence-electron chi connectivity index (χ0n) is 14.3. The van der Waals surface area contributed by atoms with Crippen LogP contribution >= 0.6 is 0 Å². The molecular weight excluding hydrogens is 296 g/mol. The fraction of sp³-hybridized carbons (Fsp3) is 0.824. The van der Waals surface area contributed by atoms with Gasteiger partial charge in [-0.05, 0) is 32.1 Å². The van der Waals surface area contributed by atoms with Crippen molar-refractivity contribution in [2.75, 3.05) is 0 Å². The molecule has 0 aliphatic heterocycles. The normalized spacial score (nSPS) is 18.0. The van der Waals surface area contributed by atoms with Gasteiger partial charge in [-0.1, -0.05) is 39.0 Å². The first kappa shape index (κ1) is 19.5. The van der Waals surface area contributed by atoms with E-state index in [2.05, 4.69) is 10.6 Å². The number of rotatable bonds is 9. The fourth-order valence-corrected chi connectivity index (χ4v) is 2.98. The topological polar surface area (TPSA) is 95.5 Å². The molecule has 0 heterocycles. The molecule has 6 nitrogen and oxygen atoms in total. The summed E-state index contributed by atoms with van der Waals surface area (Å²) in [4.78, 5) is 35.2. The lowest BCUT2D eigenvalue weighted by Crippen LogP contribution is -2.50. The molecule has 6 heteroatoms. The SMILES string of the molecule is CCCCC(NC(=O)C(C)NC(=O)CC1CCCCC1)C(=O)O. The van der Waals surface area contributed by atoms with Crippen molar-refractivity contribution in [3.8, 4) is 0 Å². The number of carbonyl (C=O) groups excluding carboxylic acids is 2. The molecule has 2 unspecified atom stereocenters. The van der Waals surface area contributed by atoms with E-state index in [9.17, 15) is 14.4 Å². The molecule has 0 saturated heterocycles. The Morgan fingerprint density at radius 1 is 1.13 bits per heavy atom. The second-order valence-electron chi connectivity index (χ2n) is 6.54. The molecular formula is C17H30N2O4. The van der Waals surface area contributed by atoms with Gasteiger partial charge in [0.15, 0.2) is 0 Å². The van der Waals surface area contributed by atoms with E-state index in [1.165, 1.54) is 19.3 Å². The van der Waals surface area contributed by atoms with Gasteiger partial charge in [0, 0.05) is 6.42 Å². The van der Waals surface area contributed by atoms with Crippen LogP contribution in [0, 0.1) is 5.92 Å². The maximum atomic E-state index is 12.1. The third-order valence-corrected chi connectivity index (χ3v) is 4.43. The fourth-order valence-electron chi connectivity index (χ4n) is 2.98. The van der Waals surface area contributed by atoms with Gasteiger partial charge in [0.1, 0.15) is 12.1 Å². The number of carboxylic acids is 1. The minimum Gasteiger partial charge on any atom is -0.480 e. The Kier molecular flexibility index (Phi) is 8.66. The second-order valence-corrected chi connectivity index (χ2v) is 6.54. The van der Waals surface area contributed by atoms with Crippen molar-refractivity contribution < 1.29 is 19.5 Å². The summed E-state index contributed by atoms with van der Waals surface area (Å²) in [6.07, 6.45) is 8.20. The van der Waals surface area contributed by atoms with E-state index in [0.717, 1.165) is 25.7 Å². The minimum atomic E-state index is -1.03. The molecule has 0 aromatic rings. The van der Waals surface area contributed by atoms with Crippen molar-refractivity contribution in [3.63, 3.8) is 0 Å². The Morgan fingerprint density at radius 3 is 2.35 bits per heavy atom. The number of hydrogen-bond acceptors (Lipinski definition) is 3. The van der Waals surface area contributed by atoms with Crippen molar-refractivity contribution in [2.24, 2.45) is 5.92 Å². The lowest BCUT2D eigenvalue weighted by Gasteiger charge is -2.22. The van der Waals surface area contributed by atoms with Gasteiger partial charge in [-0.2, -0.15) is 0 Å². The Hall–Kier alpha value is -1.59. The molecule has 23 heavy (non-hydrogen) atoms. The highest BCUT2D eigenvalue weighted by molar-refractivity contribution is 5.90. The smallest absolute Gasteiger partial charge is 0.326 e. The zero-order chi connectivity index (χ0) is 17.2. The molecule has 1 saturated carbocycles. The van der Waals surface area contributed by atoms with Crippen LogP contribution in [0.4, 0.5) is 0 Å². The quantitative estimate of drug-likeness (QED) is 0.605. The minimum absolute atomic E-state index is 0.125. The van der Waals surface area contributed by atoms with E-state index < -0.39 is 24.0 Å². The summed E-state index contributed by atoms with van der Waals surface area (Å²) in [5, 5.41) is 14.3. The molecule has 0 bridgehead atoms. The Labute approximate surface area is 138 Å². The highest BCUT2D eigenvalue weighted by Crippen LogP contribution is 2.26. The molecule has 2 amide bonds. The number of carbonyl (C=O) groups is 3. The summed E-state index contributed by atoms with van der Waals surface area (Å²) in [5.74, 6) is -1.19. The molecule has 1 aliphatic rings. The molecule has 1 aliphatic carbocycles. The van der Waals surface area contributed by atoms with Gasteiger partial charge in [-0.3, -0.25) is 9.59 Å². The molecule has 2 atom stereocenters. The summed E-state index contributed by atoms with van der Waals surface area (Å²) in [7, 11) is 0. The van der Waals surface area contributed by atoms with Crippen molar-refractivity contribution in [2.45, 2.75) is 83.7 Å². The maximum Gasteiger partial charge on any atom is 0.326 e. The second kappa shape index (κ2) is 10.2. The maximum absolute atomic E-state index is 12.1. The lowest BCUT2D eigenvalue weighted by atomic mass is 9.87. The van der Waals surface area contributed by atoms with E-state index in [-0.39, 0.29) is 5.91 Å².